The molecule has 0 bridgehead atoms. The van der Waals surface area contributed by atoms with E-state index < -0.39 is 6.10 Å². The van der Waals surface area contributed by atoms with Crippen LogP contribution in [0.5, 0.6) is 0 Å². The lowest BCUT2D eigenvalue weighted by Crippen LogP contribution is -2.29. The molecule has 0 aromatic heterocycles. The van der Waals surface area contributed by atoms with Gasteiger partial charge in [-0.05, 0) is 96.3 Å². The first-order valence-corrected chi connectivity index (χ1v) is 27.8. The minimum absolute atomic E-state index is 0.103. The van der Waals surface area contributed by atoms with Gasteiger partial charge in [-0.2, -0.15) is 0 Å². The summed E-state index contributed by atoms with van der Waals surface area (Å²) in [5, 5.41) is 0. The highest BCUT2D eigenvalue weighted by Crippen LogP contribution is 2.14. The number of hydrogen-bond donors (Lipinski definition) is 0. The van der Waals surface area contributed by atoms with E-state index >= 15 is 0 Å². The van der Waals surface area contributed by atoms with Crippen LogP contribution in [0.25, 0.3) is 0 Å². The lowest BCUT2D eigenvalue weighted by molar-refractivity contribution is -0.155. The zero-order chi connectivity index (χ0) is 47.7. The summed E-state index contributed by atoms with van der Waals surface area (Å²) >= 11 is 0. The second kappa shape index (κ2) is 56.1. The molecular weight excluding hydrogens is 813 g/mol. The Morgan fingerprint density at radius 3 is 0.985 bits per heavy atom. The van der Waals surface area contributed by atoms with Crippen LogP contribution in [-0.4, -0.2) is 37.9 Å². The fourth-order valence-electron chi connectivity index (χ4n) is 7.42. The van der Waals surface area contributed by atoms with Crippen LogP contribution in [0.15, 0.2) is 97.2 Å². The van der Waals surface area contributed by atoms with Gasteiger partial charge in [0.1, 0.15) is 19.3 Å². The summed E-state index contributed by atoms with van der Waals surface area (Å²) in [6, 6.07) is 0. The molecule has 0 aromatic rings. The molecule has 0 radical (unpaired) electrons. The Hall–Kier alpha value is -3.18. The maximum absolute atomic E-state index is 12.6. The highest BCUT2D eigenvalue weighted by Gasteiger charge is 2.15. The van der Waals surface area contributed by atoms with Gasteiger partial charge in [0.2, 0.25) is 0 Å². The van der Waals surface area contributed by atoms with Gasteiger partial charge in [0.05, 0.1) is 0 Å². The van der Waals surface area contributed by atoms with Crippen molar-refractivity contribution in [3.05, 3.63) is 97.2 Å². The molecule has 0 unspecified atom stereocenters. The van der Waals surface area contributed by atoms with Gasteiger partial charge < -0.3 is 14.2 Å². The van der Waals surface area contributed by atoms with Crippen LogP contribution in [0.1, 0.15) is 252 Å². The highest BCUT2D eigenvalue weighted by atomic mass is 16.6. The molecule has 0 saturated carbocycles. The van der Waals surface area contributed by atoms with Crippen LogP contribution in [0.3, 0.4) is 0 Å². The smallest absolute Gasteiger partial charge is 0.306 e. The summed E-state index contributed by atoms with van der Waals surface area (Å²) in [5.41, 5.74) is 0. The number of hydrogen-bond acceptors (Lipinski definition) is 5. The maximum atomic E-state index is 12.6. The Bertz CT molecular complexity index is 1270. The van der Waals surface area contributed by atoms with Gasteiger partial charge in [0.15, 0.2) is 0 Å². The van der Waals surface area contributed by atoms with Crippen LogP contribution < -0.4 is 0 Å². The SMILES string of the molecule is CCCCC/C=C\C/C=C\C/C=C\C/C=C\C/C=C\CCC(=O)OC[C@H](COC(=O)CCCC/C=C\C/C=C\C/C=C\CCCCC)OCCCCCCCCCCCCCCCCCC. The van der Waals surface area contributed by atoms with Crippen molar-refractivity contribution in [3.63, 3.8) is 0 Å². The molecule has 378 valence electrons. The molecule has 0 fully saturated rings. The first-order valence-electron chi connectivity index (χ1n) is 27.8. The van der Waals surface area contributed by atoms with Gasteiger partial charge >= 0.3 is 11.9 Å². The topological polar surface area (TPSA) is 61.8 Å². The van der Waals surface area contributed by atoms with Crippen LogP contribution >= 0.6 is 0 Å². The third-order valence-corrected chi connectivity index (χ3v) is 11.6. The number of ether oxygens (including phenoxy) is 3. The maximum Gasteiger partial charge on any atom is 0.306 e. The summed E-state index contributed by atoms with van der Waals surface area (Å²) in [6.45, 7) is 7.56. The van der Waals surface area contributed by atoms with E-state index in [2.05, 4.69) is 112 Å². The van der Waals surface area contributed by atoms with Crippen LogP contribution in [0.4, 0.5) is 0 Å². The number of carbonyl (C=O) groups is 2. The van der Waals surface area contributed by atoms with Crippen molar-refractivity contribution in [1.82, 2.24) is 0 Å². The molecule has 0 saturated heterocycles. The van der Waals surface area contributed by atoms with Crippen molar-refractivity contribution in [3.8, 4) is 0 Å². The summed E-state index contributed by atoms with van der Waals surface area (Å²) in [7, 11) is 0. The molecule has 0 aromatic carbocycles. The quantitative estimate of drug-likeness (QED) is 0.0346. The zero-order valence-corrected chi connectivity index (χ0v) is 43.4. The van der Waals surface area contributed by atoms with E-state index in [1.165, 1.54) is 141 Å². The minimum Gasteiger partial charge on any atom is -0.463 e. The molecule has 66 heavy (non-hydrogen) atoms. The molecule has 0 aliphatic carbocycles. The number of rotatable bonds is 50. The number of carbonyl (C=O) groups excluding carboxylic acids is 2. The Kier molecular flexibility index (Phi) is 53.4. The summed E-state index contributed by atoms with van der Waals surface area (Å²) in [6.07, 6.45) is 76.0. The van der Waals surface area contributed by atoms with Crippen molar-refractivity contribution in [2.24, 2.45) is 0 Å². The van der Waals surface area contributed by atoms with Gasteiger partial charge in [-0.15, -0.1) is 0 Å². The Morgan fingerprint density at radius 1 is 0.318 bits per heavy atom. The van der Waals surface area contributed by atoms with Gasteiger partial charge in [-0.1, -0.05) is 240 Å². The molecule has 0 rings (SSSR count). The molecule has 0 amide bonds. The summed E-state index contributed by atoms with van der Waals surface area (Å²) in [5.74, 6) is -0.468. The van der Waals surface area contributed by atoms with Gasteiger partial charge in [0, 0.05) is 19.4 Å². The second-order valence-corrected chi connectivity index (χ2v) is 18.1. The van der Waals surface area contributed by atoms with E-state index in [-0.39, 0.29) is 25.2 Å². The third-order valence-electron chi connectivity index (χ3n) is 11.6. The zero-order valence-electron chi connectivity index (χ0n) is 43.4. The van der Waals surface area contributed by atoms with E-state index in [9.17, 15) is 9.59 Å². The Labute approximate surface area is 409 Å². The minimum atomic E-state index is -0.449. The van der Waals surface area contributed by atoms with E-state index in [0.717, 1.165) is 70.6 Å². The first kappa shape index (κ1) is 62.8. The van der Waals surface area contributed by atoms with Crippen LogP contribution in [0, 0.1) is 0 Å². The predicted molar refractivity (Wildman–Crippen MR) is 288 cm³/mol. The molecule has 5 nitrogen and oxygen atoms in total. The van der Waals surface area contributed by atoms with Crippen LogP contribution in [0.2, 0.25) is 0 Å². The van der Waals surface area contributed by atoms with E-state index in [1.807, 2.05) is 6.08 Å². The van der Waals surface area contributed by atoms with Crippen molar-refractivity contribution < 1.29 is 23.8 Å². The van der Waals surface area contributed by atoms with Crippen molar-refractivity contribution >= 4 is 11.9 Å². The summed E-state index contributed by atoms with van der Waals surface area (Å²) in [4.78, 5) is 25.2. The lowest BCUT2D eigenvalue weighted by atomic mass is 10.0. The van der Waals surface area contributed by atoms with Gasteiger partial charge in [0.25, 0.3) is 0 Å². The number of esters is 2. The van der Waals surface area contributed by atoms with Crippen molar-refractivity contribution in [2.45, 2.75) is 258 Å². The molecule has 5 heteroatoms. The highest BCUT2D eigenvalue weighted by molar-refractivity contribution is 5.70. The standard InChI is InChI=1S/C61H104O5/c1-4-7-10-13-16-19-22-25-28-30-31-32-34-37-40-43-46-49-52-55-61(63)66-58-59(64-56-53-50-47-44-41-38-35-29-26-23-20-17-14-11-8-5-2)57-65-60(62)54-51-48-45-42-39-36-33-27-24-21-18-15-12-9-6-3/h16,18-19,21,25,27-28,31-33,37,39-40,42,46,49,59H,4-15,17,20,22-24,26,29-30,34-36,38,41,43-45,47-48,50-58H2,1-3H3/b19-16-,21-18-,28-25-,32-31-,33-27-,40-37-,42-39-,49-46-/t59-/m0/s1. The average Bonchev–Trinajstić information content (AvgIpc) is 3.32. The Balaban J connectivity index is 4.43. The molecule has 0 spiro atoms. The molecule has 1 atom stereocenters. The molecular formula is C61H104O5. The fourth-order valence-corrected chi connectivity index (χ4v) is 7.42. The first-order chi connectivity index (χ1) is 32.6. The van der Waals surface area contributed by atoms with Crippen LogP contribution in [-0.2, 0) is 23.8 Å². The van der Waals surface area contributed by atoms with E-state index in [1.54, 1.807) is 0 Å². The largest absolute Gasteiger partial charge is 0.463 e. The average molecular weight is 917 g/mol. The van der Waals surface area contributed by atoms with Crippen molar-refractivity contribution in [1.29, 1.82) is 0 Å². The Morgan fingerprint density at radius 2 is 0.606 bits per heavy atom. The molecule has 0 heterocycles. The lowest BCUT2D eigenvalue weighted by Gasteiger charge is -2.18. The number of allylic oxidation sites excluding steroid dienone is 16. The normalized spacial score (nSPS) is 13.0. The number of unbranched alkanes of at least 4 members (excludes halogenated alkanes) is 23. The monoisotopic (exact) mass is 917 g/mol. The summed E-state index contributed by atoms with van der Waals surface area (Å²) < 4.78 is 17.4. The fraction of sp³-hybridized carbons (Fsp3) is 0.705. The third kappa shape index (κ3) is 53.4. The van der Waals surface area contributed by atoms with Gasteiger partial charge in [-0.25, -0.2) is 0 Å². The second-order valence-electron chi connectivity index (χ2n) is 18.1. The molecule has 0 aliphatic rings. The molecule has 0 aliphatic heterocycles. The predicted octanol–water partition coefficient (Wildman–Crippen LogP) is 19.0. The van der Waals surface area contributed by atoms with E-state index in [4.69, 9.17) is 14.2 Å². The van der Waals surface area contributed by atoms with Crippen molar-refractivity contribution in [2.75, 3.05) is 19.8 Å². The van der Waals surface area contributed by atoms with Gasteiger partial charge in [-0.3, -0.25) is 9.59 Å². The van der Waals surface area contributed by atoms with E-state index in [0.29, 0.717) is 25.9 Å². The molecule has 0 N–H and O–H groups in total.